The van der Waals surface area contributed by atoms with Crippen LogP contribution >= 0.6 is 34.2 Å². The van der Waals surface area contributed by atoms with Crippen LogP contribution in [0.25, 0.3) is 5.69 Å². The topological polar surface area (TPSA) is 29.3 Å². The number of hydrazone groups is 1. The maximum Gasteiger partial charge on any atom is 0.416 e. The van der Waals surface area contributed by atoms with Crippen molar-refractivity contribution in [3.05, 3.63) is 79.6 Å². The molecule has 0 amide bonds. The Morgan fingerprint density at radius 1 is 1.07 bits per heavy atom. The van der Waals surface area contributed by atoms with Gasteiger partial charge in [0.05, 0.1) is 22.5 Å². The van der Waals surface area contributed by atoms with E-state index < -0.39 is 11.7 Å². The molecule has 0 unspecified atom stereocenters. The summed E-state index contributed by atoms with van der Waals surface area (Å²) in [7, 11) is 0. The molecule has 0 fully saturated rings. The van der Waals surface area contributed by atoms with Crippen LogP contribution in [0, 0.1) is 17.4 Å². The third-order valence-electron chi connectivity index (χ3n) is 4.24. The van der Waals surface area contributed by atoms with Crippen molar-refractivity contribution in [3.63, 3.8) is 0 Å². The van der Waals surface area contributed by atoms with E-state index >= 15 is 0 Å². The molecule has 0 aliphatic carbocycles. The quantitative estimate of drug-likeness (QED) is 0.230. The Hall–Kier alpha value is -2.00. The molecule has 3 nitrogen and oxygen atoms in total. The number of nitrogens with zero attached hydrogens (tertiary/aromatic N) is 2. The van der Waals surface area contributed by atoms with Gasteiger partial charge < -0.3 is 4.57 Å². The second-order valence-corrected chi connectivity index (χ2v) is 7.85. The Kier molecular flexibility index (Phi) is 6.04. The Morgan fingerprint density at radius 3 is 2.39 bits per heavy atom. The van der Waals surface area contributed by atoms with Gasteiger partial charge in [0.25, 0.3) is 0 Å². The molecule has 1 aromatic heterocycles. The summed E-state index contributed by atoms with van der Waals surface area (Å²) in [6, 6.07) is 13.2. The first-order valence-electron chi connectivity index (χ1n) is 8.27. The minimum atomic E-state index is -4.44. The fraction of sp³-hybridized carbons (Fsp3) is 0.150. The van der Waals surface area contributed by atoms with Crippen molar-refractivity contribution in [2.24, 2.45) is 5.10 Å². The SMILES string of the molecule is Cc1cc(C=NNc2cc(C(F)(F)F)ccc2Cl)c(C)n1-c1ccc(I)cc1. The summed E-state index contributed by atoms with van der Waals surface area (Å²) in [5, 5.41) is 4.24. The van der Waals surface area contributed by atoms with E-state index in [1.165, 1.54) is 6.07 Å². The number of aromatic nitrogens is 1. The highest BCUT2D eigenvalue weighted by atomic mass is 127. The molecule has 146 valence electrons. The first kappa shape index (κ1) is 20.7. The number of hydrogen-bond acceptors (Lipinski definition) is 2. The molecule has 0 bridgehead atoms. The van der Waals surface area contributed by atoms with Crippen molar-refractivity contribution in [2.75, 3.05) is 5.43 Å². The largest absolute Gasteiger partial charge is 0.416 e. The van der Waals surface area contributed by atoms with Gasteiger partial charge in [0, 0.05) is 26.2 Å². The van der Waals surface area contributed by atoms with Crippen molar-refractivity contribution in [1.82, 2.24) is 4.57 Å². The Balaban J connectivity index is 1.84. The van der Waals surface area contributed by atoms with E-state index in [0.717, 1.165) is 38.3 Å². The summed E-state index contributed by atoms with van der Waals surface area (Å²) in [6.45, 7) is 3.95. The van der Waals surface area contributed by atoms with E-state index in [0.29, 0.717) is 0 Å². The summed E-state index contributed by atoms with van der Waals surface area (Å²) in [5.74, 6) is 0. The lowest BCUT2D eigenvalue weighted by Gasteiger charge is -2.10. The van der Waals surface area contributed by atoms with E-state index in [-0.39, 0.29) is 10.7 Å². The third kappa shape index (κ3) is 4.52. The van der Waals surface area contributed by atoms with Gasteiger partial charge in [-0.25, -0.2) is 0 Å². The smallest absolute Gasteiger partial charge is 0.318 e. The molecule has 1 heterocycles. The van der Waals surface area contributed by atoms with Crippen LogP contribution < -0.4 is 5.43 Å². The molecule has 0 radical (unpaired) electrons. The number of halogens is 5. The van der Waals surface area contributed by atoms with E-state index in [4.69, 9.17) is 11.6 Å². The first-order valence-corrected chi connectivity index (χ1v) is 9.73. The molecule has 0 saturated carbocycles. The number of rotatable bonds is 4. The van der Waals surface area contributed by atoms with E-state index in [1.807, 2.05) is 44.2 Å². The van der Waals surface area contributed by atoms with Gasteiger partial charge >= 0.3 is 6.18 Å². The van der Waals surface area contributed by atoms with Crippen LogP contribution in [0.3, 0.4) is 0 Å². The fourth-order valence-electron chi connectivity index (χ4n) is 2.86. The average molecular weight is 518 g/mol. The van der Waals surface area contributed by atoms with Gasteiger partial charge in [0.15, 0.2) is 0 Å². The third-order valence-corrected chi connectivity index (χ3v) is 5.29. The predicted octanol–water partition coefficient (Wildman–Crippen LogP) is 6.82. The highest BCUT2D eigenvalue weighted by molar-refractivity contribution is 14.1. The van der Waals surface area contributed by atoms with Crippen LogP contribution in [0.2, 0.25) is 5.02 Å². The van der Waals surface area contributed by atoms with E-state index in [9.17, 15) is 13.2 Å². The van der Waals surface area contributed by atoms with Crippen LogP contribution in [0.15, 0.2) is 53.6 Å². The van der Waals surface area contributed by atoms with Crippen LogP contribution in [-0.4, -0.2) is 10.8 Å². The highest BCUT2D eigenvalue weighted by Gasteiger charge is 2.30. The van der Waals surface area contributed by atoms with Crippen LogP contribution in [-0.2, 0) is 6.18 Å². The lowest BCUT2D eigenvalue weighted by Crippen LogP contribution is -2.05. The Labute approximate surface area is 179 Å². The summed E-state index contributed by atoms with van der Waals surface area (Å²) >= 11 is 8.23. The van der Waals surface area contributed by atoms with Gasteiger partial charge in [0.2, 0.25) is 0 Å². The van der Waals surface area contributed by atoms with Gasteiger partial charge in [0.1, 0.15) is 0 Å². The predicted molar refractivity (Wildman–Crippen MR) is 116 cm³/mol. The zero-order valence-electron chi connectivity index (χ0n) is 15.0. The monoisotopic (exact) mass is 517 g/mol. The molecule has 0 aliphatic rings. The summed E-state index contributed by atoms with van der Waals surface area (Å²) < 4.78 is 41.8. The number of hydrogen-bond donors (Lipinski definition) is 1. The van der Waals surface area contributed by atoms with Gasteiger partial charge in [-0.2, -0.15) is 18.3 Å². The molecular formula is C20H16ClF3IN3. The Bertz CT molecular complexity index is 1020. The first-order chi connectivity index (χ1) is 13.2. The molecule has 8 heteroatoms. The molecule has 0 spiro atoms. The van der Waals surface area contributed by atoms with Crippen molar-refractivity contribution < 1.29 is 13.2 Å². The molecule has 3 rings (SSSR count). The standard InChI is InChI=1S/C20H16ClF3IN3/c1-12-9-14(13(2)28(12)17-6-4-16(25)5-7-17)11-26-27-19-10-15(20(22,23)24)3-8-18(19)21/h3-11,27H,1-2H3. The summed E-state index contributed by atoms with van der Waals surface area (Å²) in [4.78, 5) is 0. The molecule has 0 aliphatic heterocycles. The number of benzene rings is 2. The van der Waals surface area contributed by atoms with Gasteiger partial charge in [-0.15, -0.1) is 0 Å². The highest BCUT2D eigenvalue weighted by Crippen LogP contribution is 2.33. The summed E-state index contributed by atoms with van der Waals surface area (Å²) in [5.41, 5.74) is 5.80. The van der Waals surface area contributed by atoms with Crippen LogP contribution in [0.4, 0.5) is 18.9 Å². The minimum absolute atomic E-state index is 0.0965. The molecule has 2 aromatic carbocycles. The lowest BCUT2D eigenvalue weighted by molar-refractivity contribution is -0.137. The average Bonchev–Trinajstić information content (AvgIpc) is 2.90. The number of nitrogens with one attached hydrogen (secondary N) is 1. The van der Waals surface area contributed by atoms with E-state index in [2.05, 4.69) is 37.7 Å². The molecule has 3 aromatic rings. The normalized spacial score (nSPS) is 12.0. The van der Waals surface area contributed by atoms with E-state index in [1.54, 1.807) is 6.21 Å². The van der Waals surface area contributed by atoms with Crippen molar-refractivity contribution in [1.29, 1.82) is 0 Å². The molecule has 28 heavy (non-hydrogen) atoms. The minimum Gasteiger partial charge on any atom is -0.318 e. The molecule has 1 N–H and O–H groups in total. The number of alkyl halides is 3. The zero-order valence-corrected chi connectivity index (χ0v) is 17.9. The van der Waals surface area contributed by atoms with Gasteiger partial charge in [-0.1, -0.05) is 11.6 Å². The lowest BCUT2D eigenvalue weighted by atomic mass is 10.2. The molecular weight excluding hydrogens is 502 g/mol. The maximum absolute atomic E-state index is 12.9. The van der Waals surface area contributed by atoms with Crippen molar-refractivity contribution >= 4 is 46.1 Å². The van der Waals surface area contributed by atoms with Gasteiger partial charge in [-0.3, -0.25) is 5.43 Å². The zero-order chi connectivity index (χ0) is 20.5. The van der Waals surface area contributed by atoms with Crippen molar-refractivity contribution in [3.8, 4) is 5.69 Å². The van der Waals surface area contributed by atoms with Crippen molar-refractivity contribution in [2.45, 2.75) is 20.0 Å². The van der Waals surface area contributed by atoms with Crippen LogP contribution in [0.5, 0.6) is 0 Å². The fourth-order valence-corrected chi connectivity index (χ4v) is 3.38. The summed E-state index contributed by atoms with van der Waals surface area (Å²) in [6.07, 6.45) is -2.87. The molecule has 0 saturated heterocycles. The second-order valence-electron chi connectivity index (χ2n) is 6.20. The maximum atomic E-state index is 12.9. The molecule has 0 atom stereocenters. The number of anilines is 1. The number of aryl methyl sites for hydroxylation is 1. The van der Waals surface area contributed by atoms with Crippen LogP contribution in [0.1, 0.15) is 22.5 Å². The second kappa shape index (κ2) is 8.16. The Morgan fingerprint density at radius 2 is 1.75 bits per heavy atom. The van der Waals surface area contributed by atoms with Gasteiger partial charge in [-0.05, 0) is 85.0 Å².